The van der Waals surface area contributed by atoms with Gasteiger partial charge in [0, 0.05) is 11.3 Å². The predicted octanol–water partition coefficient (Wildman–Crippen LogP) is 3.08. The van der Waals surface area contributed by atoms with Gasteiger partial charge in [-0.1, -0.05) is 39.0 Å². The molecule has 2 rings (SSSR count). The van der Waals surface area contributed by atoms with E-state index in [0.29, 0.717) is 5.92 Å². The first-order valence-corrected chi connectivity index (χ1v) is 9.35. The van der Waals surface area contributed by atoms with Crippen molar-refractivity contribution in [2.24, 2.45) is 11.7 Å². The van der Waals surface area contributed by atoms with Crippen molar-refractivity contribution < 1.29 is 4.79 Å². The Balaban J connectivity index is 1.90. The van der Waals surface area contributed by atoms with Crippen molar-refractivity contribution >= 4 is 17.7 Å². The lowest BCUT2D eigenvalue weighted by atomic mass is 9.76. The standard InChI is InChI=1S/C16H30N2OS/c1-13-7-6-10-16(17,11-13)14(19)18-12-15(20-2)8-4-3-5-9-15/h13H,3-12,17H2,1-2H3,(H,18,19). The van der Waals surface area contributed by atoms with Crippen LogP contribution in [0.25, 0.3) is 0 Å². The van der Waals surface area contributed by atoms with Gasteiger partial charge in [0.05, 0.1) is 5.54 Å². The second-order valence-electron chi connectivity index (χ2n) is 6.99. The van der Waals surface area contributed by atoms with Gasteiger partial charge in [0.15, 0.2) is 0 Å². The van der Waals surface area contributed by atoms with Crippen molar-refractivity contribution in [3.8, 4) is 0 Å². The summed E-state index contributed by atoms with van der Waals surface area (Å²) in [5, 5.41) is 3.19. The highest BCUT2D eigenvalue weighted by Crippen LogP contribution is 2.38. The molecule has 2 aliphatic carbocycles. The van der Waals surface area contributed by atoms with E-state index in [0.717, 1.165) is 25.8 Å². The molecule has 0 aromatic heterocycles. The number of hydrogen-bond acceptors (Lipinski definition) is 3. The van der Waals surface area contributed by atoms with Crippen molar-refractivity contribution in [3.05, 3.63) is 0 Å². The normalized spacial score (nSPS) is 33.6. The zero-order valence-electron chi connectivity index (χ0n) is 13.0. The lowest BCUT2D eigenvalue weighted by Crippen LogP contribution is -2.58. The van der Waals surface area contributed by atoms with Crippen LogP contribution < -0.4 is 11.1 Å². The minimum Gasteiger partial charge on any atom is -0.353 e. The van der Waals surface area contributed by atoms with E-state index in [1.807, 2.05) is 11.8 Å². The first kappa shape index (κ1) is 16.2. The number of carbonyl (C=O) groups is 1. The first-order valence-electron chi connectivity index (χ1n) is 8.12. The molecule has 0 heterocycles. The quantitative estimate of drug-likeness (QED) is 0.838. The van der Waals surface area contributed by atoms with E-state index in [9.17, 15) is 4.79 Å². The third-order valence-corrected chi connectivity index (χ3v) is 6.67. The highest BCUT2D eigenvalue weighted by Gasteiger charge is 2.39. The maximum atomic E-state index is 12.5. The molecule has 2 fully saturated rings. The van der Waals surface area contributed by atoms with E-state index in [1.165, 1.54) is 38.5 Å². The van der Waals surface area contributed by atoms with Gasteiger partial charge in [0.2, 0.25) is 5.91 Å². The monoisotopic (exact) mass is 298 g/mol. The van der Waals surface area contributed by atoms with Crippen molar-refractivity contribution in [3.63, 3.8) is 0 Å². The highest BCUT2D eigenvalue weighted by molar-refractivity contribution is 8.00. The molecule has 0 aliphatic heterocycles. The average molecular weight is 298 g/mol. The number of hydrogen-bond donors (Lipinski definition) is 2. The van der Waals surface area contributed by atoms with Crippen molar-refractivity contribution in [1.82, 2.24) is 5.32 Å². The average Bonchev–Trinajstić information content (AvgIpc) is 2.45. The molecule has 0 bridgehead atoms. The van der Waals surface area contributed by atoms with E-state index in [4.69, 9.17) is 5.73 Å². The molecule has 2 aliphatic rings. The number of nitrogens with one attached hydrogen (secondary N) is 1. The molecule has 3 nitrogen and oxygen atoms in total. The lowest BCUT2D eigenvalue weighted by Gasteiger charge is -2.39. The summed E-state index contributed by atoms with van der Waals surface area (Å²) in [5.74, 6) is 0.659. The summed E-state index contributed by atoms with van der Waals surface area (Å²) in [5.41, 5.74) is 5.76. The Bertz CT molecular complexity index is 341. The number of rotatable bonds is 4. The topological polar surface area (TPSA) is 55.1 Å². The molecule has 116 valence electrons. The van der Waals surface area contributed by atoms with Crippen molar-refractivity contribution in [2.45, 2.75) is 75.0 Å². The third kappa shape index (κ3) is 3.70. The predicted molar refractivity (Wildman–Crippen MR) is 86.9 cm³/mol. The Labute approximate surface area is 127 Å². The Morgan fingerprint density at radius 3 is 2.55 bits per heavy atom. The molecular formula is C16H30N2OS. The van der Waals surface area contributed by atoms with Gasteiger partial charge < -0.3 is 11.1 Å². The van der Waals surface area contributed by atoms with Crippen LogP contribution in [0.15, 0.2) is 0 Å². The molecule has 0 aromatic carbocycles. The molecule has 4 heteroatoms. The second kappa shape index (κ2) is 6.69. The van der Waals surface area contributed by atoms with Crippen LogP contribution in [0.5, 0.6) is 0 Å². The molecule has 0 spiro atoms. The van der Waals surface area contributed by atoms with E-state index >= 15 is 0 Å². The van der Waals surface area contributed by atoms with E-state index in [2.05, 4.69) is 18.5 Å². The van der Waals surface area contributed by atoms with Gasteiger partial charge in [-0.15, -0.1) is 0 Å². The van der Waals surface area contributed by atoms with Crippen molar-refractivity contribution in [2.75, 3.05) is 12.8 Å². The van der Waals surface area contributed by atoms with Gasteiger partial charge in [-0.05, 0) is 37.9 Å². The zero-order valence-corrected chi connectivity index (χ0v) is 13.9. The van der Waals surface area contributed by atoms with Crippen LogP contribution in [0.1, 0.15) is 64.7 Å². The SMILES string of the molecule is CSC1(CNC(=O)C2(N)CCCC(C)C2)CCCCC1. The zero-order chi connectivity index (χ0) is 14.6. The summed E-state index contributed by atoms with van der Waals surface area (Å²) in [6.45, 7) is 3.00. The van der Waals surface area contributed by atoms with Crippen LogP contribution in [-0.4, -0.2) is 29.0 Å². The lowest BCUT2D eigenvalue weighted by molar-refractivity contribution is -0.128. The Morgan fingerprint density at radius 1 is 1.25 bits per heavy atom. The summed E-state index contributed by atoms with van der Waals surface area (Å²) in [4.78, 5) is 12.5. The van der Waals surface area contributed by atoms with Crippen LogP contribution >= 0.6 is 11.8 Å². The second-order valence-corrected chi connectivity index (χ2v) is 8.26. The summed E-state index contributed by atoms with van der Waals surface area (Å²) in [6.07, 6.45) is 12.5. The molecule has 2 atom stereocenters. The summed E-state index contributed by atoms with van der Waals surface area (Å²) < 4.78 is 0.255. The third-order valence-electron chi connectivity index (χ3n) is 5.25. The van der Waals surface area contributed by atoms with Gasteiger partial charge in [0.1, 0.15) is 0 Å². The molecule has 2 saturated carbocycles. The molecular weight excluding hydrogens is 268 g/mol. The van der Waals surface area contributed by atoms with Crippen molar-refractivity contribution in [1.29, 1.82) is 0 Å². The Morgan fingerprint density at radius 2 is 1.95 bits per heavy atom. The summed E-state index contributed by atoms with van der Waals surface area (Å²) in [7, 11) is 0. The Hall–Kier alpha value is -0.220. The van der Waals surface area contributed by atoms with E-state index in [1.54, 1.807) is 0 Å². The maximum absolute atomic E-state index is 12.5. The molecule has 0 radical (unpaired) electrons. The van der Waals surface area contributed by atoms with Gasteiger partial charge in [-0.25, -0.2) is 0 Å². The van der Waals surface area contributed by atoms with Gasteiger partial charge in [-0.2, -0.15) is 11.8 Å². The van der Waals surface area contributed by atoms with Crippen LogP contribution in [0.3, 0.4) is 0 Å². The van der Waals surface area contributed by atoms with Crippen LogP contribution in [0.4, 0.5) is 0 Å². The molecule has 0 saturated heterocycles. The number of nitrogens with two attached hydrogens (primary N) is 1. The summed E-state index contributed by atoms with van der Waals surface area (Å²) >= 11 is 1.93. The minimum absolute atomic E-state index is 0.0862. The Kier molecular flexibility index (Phi) is 5.41. The minimum atomic E-state index is -0.619. The molecule has 1 amide bonds. The fourth-order valence-corrected chi connectivity index (χ4v) is 4.78. The van der Waals surface area contributed by atoms with Gasteiger partial charge in [-0.3, -0.25) is 4.79 Å². The van der Waals surface area contributed by atoms with Gasteiger partial charge >= 0.3 is 0 Å². The number of amides is 1. The molecule has 20 heavy (non-hydrogen) atoms. The number of thioether (sulfide) groups is 1. The first-order chi connectivity index (χ1) is 9.50. The number of carbonyl (C=O) groups excluding carboxylic acids is 1. The smallest absolute Gasteiger partial charge is 0.240 e. The molecule has 2 unspecified atom stereocenters. The maximum Gasteiger partial charge on any atom is 0.240 e. The highest BCUT2D eigenvalue weighted by atomic mass is 32.2. The largest absolute Gasteiger partial charge is 0.353 e. The van der Waals surface area contributed by atoms with E-state index in [-0.39, 0.29) is 10.7 Å². The van der Waals surface area contributed by atoms with Crippen LogP contribution in [0, 0.1) is 5.92 Å². The molecule has 0 aromatic rings. The van der Waals surface area contributed by atoms with Crippen LogP contribution in [-0.2, 0) is 4.79 Å². The van der Waals surface area contributed by atoms with E-state index < -0.39 is 5.54 Å². The van der Waals surface area contributed by atoms with Crippen LogP contribution in [0.2, 0.25) is 0 Å². The fourth-order valence-electron chi connectivity index (χ4n) is 3.86. The fraction of sp³-hybridized carbons (Fsp3) is 0.938. The summed E-state index contributed by atoms with van der Waals surface area (Å²) in [6, 6.07) is 0. The van der Waals surface area contributed by atoms with Gasteiger partial charge in [0.25, 0.3) is 0 Å². The molecule has 3 N–H and O–H groups in total.